The SMILES string of the molecule is C#CCCCSc1cccc(C)c1. The van der Waals surface area contributed by atoms with Crippen LogP contribution in [0.3, 0.4) is 0 Å². The number of thioether (sulfide) groups is 1. The van der Waals surface area contributed by atoms with Gasteiger partial charge in [0.25, 0.3) is 0 Å². The van der Waals surface area contributed by atoms with E-state index in [1.54, 1.807) is 0 Å². The van der Waals surface area contributed by atoms with Crippen molar-refractivity contribution >= 4 is 11.8 Å². The molecule has 0 N–H and O–H groups in total. The first-order valence-corrected chi connectivity index (χ1v) is 5.44. The van der Waals surface area contributed by atoms with Gasteiger partial charge in [0.15, 0.2) is 0 Å². The second-order valence-corrected chi connectivity index (χ2v) is 4.14. The van der Waals surface area contributed by atoms with Crippen LogP contribution in [0.15, 0.2) is 29.2 Å². The highest BCUT2D eigenvalue weighted by Crippen LogP contribution is 2.19. The molecular formula is C12H14S. The molecule has 0 aliphatic heterocycles. The molecule has 0 amide bonds. The lowest BCUT2D eigenvalue weighted by molar-refractivity contribution is 0.997. The smallest absolute Gasteiger partial charge is 0.00940 e. The van der Waals surface area contributed by atoms with E-state index in [4.69, 9.17) is 6.42 Å². The number of hydrogen-bond acceptors (Lipinski definition) is 1. The average molecular weight is 190 g/mol. The molecule has 0 bridgehead atoms. The van der Waals surface area contributed by atoms with E-state index < -0.39 is 0 Å². The van der Waals surface area contributed by atoms with Crippen molar-refractivity contribution in [3.8, 4) is 12.3 Å². The summed E-state index contributed by atoms with van der Waals surface area (Å²) in [5.74, 6) is 3.77. The molecule has 0 aliphatic carbocycles. The van der Waals surface area contributed by atoms with Gasteiger partial charge in [-0.05, 0) is 31.2 Å². The quantitative estimate of drug-likeness (QED) is 0.398. The lowest BCUT2D eigenvalue weighted by Crippen LogP contribution is -1.79. The van der Waals surface area contributed by atoms with Crippen LogP contribution in [0.5, 0.6) is 0 Å². The zero-order chi connectivity index (χ0) is 9.52. The highest BCUT2D eigenvalue weighted by molar-refractivity contribution is 7.99. The molecule has 1 aromatic rings. The normalized spacial score (nSPS) is 9.54. The summed E-state index contributed by atoms with van der Waals surface area (Å²) in [6.45, 7) is 2.12. The van der Waals surface area contributed by atoms with Crippen molar-refractivity contribution in [2.24, 2.45) is 0 Å². The fourth-order valence-corrected chi connectivity index (χ4v) is 2.04. The molecule has 0 heterocycles. The van der Waals surface area contributed by atoms with Crippen molar-refractivity contribution in [2.45, 2.75) is 24.7 Å². The van der Waals surface area contributed by atoms with Crippen molar-refractivity contribution in [1.82, 2.24) is 0 Å². The molecule has 0 saturated heterocycles. The summed E-state index contributed by atoms with van der Waals surface area (Å²) in [4.78, 5) is 1.34. The number of unbranched alkanes of at least 4 members (excludes halogenated alkanes) is 1. The van der Waals surface area contributed by atoms with Gasteiger partial charge in [0.1, 0.15) is 0 Å². The Morgan fingerprint density at radius 3 is 3.00 bits per heavy atom. The molecule has 0 spiro atoms. The molecule has 0 radical (unpaired) electrons. The highest BCUT2D eigenvalue weighted by atomic mass is 32.2. The Bertz CT molecular complexity index is 296. The predicted molar refractivity (Wildman–Crippen MR) is 60.0 cm³/mol. The van der Waals surface area contributed by atoms with Crippen LogP contribution in [0, 0.1) is 19.3 Å². The fourth-order valence-electron chi connectivity index (χ4n) is 1.07. The Morgan fingerprint density at radius 2 is 2.31 bits per heavy atom. The predicted octanol–water partition coefficient (Wildman–Crippen LogP) is 3.50. The van der Waals surface area contributed by atoms with Gasteiger partial charge >= 0.3 is 0 Å². The van der Waals surface area contributed by atoms with Crippen LogP contribution in [0.1, 0.15) is 18.4 Å². The number of hydrogen-bond donors (Lipinski definition) is 0. The summed E-state index contributed by atoms with van der Waals surface area (Å²) in [7, 11) is 0. The van der Waals surface area contributed by atoms with Crippen LogP contribution in [0.25, 0.3) is 0 Å². The number of benzene rings is 1. The average Bonchev–Trinajstić information content (AvgIpc) is 2.13. The first-order chi connectivity index (χ1) is 6.33. The zero-order valence-corrected chi connectivity index (χ0v) is 8.73. The van der Waals surface area contributed by atoms with Crippen LogP contribution in [-0.2, 0) is 0 Å². The summed E-state index contributed by atoms with van der Waals surface area (Å²) >= 11 is 1.88. The lowest BCUT2D eigenvalue weighted by Gasteiger charge is -2.00. The van der Waals surface area contributed by atoms with Crippen LogP contribution >= 0.6 is 11.8 Å². The van der Waals surface area contributed by atoms with Crippen molar-refractivity contribution in [3.63, 3.8) is 0 Å². The molecule has 0 fully saturated rings. The Kier molecular flexibility index (Phi) is 4.49. The van der Waals surface area contributed by atoms with Gasteiger partial charge in [-0.1, -0.05) is 17.7 Å². The molecule has 68 valence electrons. The maximum atomic E-state index is 5.17. The molecule has 0 saturated carbocycles. The Labute approximate surface area is 84.7 Å². The maximum Gasteiger partial charge on any atom is 0.00940 e. The molecule has 0 aromatic heterocycles. The van der Waals surface area contributed by atoms with E-state index >= 15 is 0 Å². The van der Waals surface area contributed by atoms with Crippen LogP contribution in [0.2, 0.25) is 0 Å². The molecule has 1 heteroatoms. The topological polar surface area (TPSA) is 0 Å². The number of rotatable bonds is 4. The van der Waals surface area contributed by atoms with Gasteiger partial charge in [0, 0.05) is 11.3 Å². The van der Waals surface area contributed by atoms with Gasteiger partial charge in [-0.3, -0.25) is 0 Å². The van der Waals surface area contributed by atoms with Gasteiger partial charge in [-0.15, -0.1) is 24.1 Å². The van der Waals surface area contributed by atoms with Crippen LogP contribution < -0.4 is 0 Å². The summed E-state index contributed by atoms with van der Waals surface area (Å²) in [6, 6.07) is 8.57. The standard InChI is InChI=1S/C12H14S/c1-3-4-5-9-13-12-8-6-7-11(2)10-12/h1,6-8,10H,4-5,9H2,2H3. The second kappa shape index (κ2) is 5.72. The molecule has 1 aromatic carbocycles. The monoisotopic (exact) mass is 190 g/mol. The van der Waals surface area contributed by atoms with Gasteiger partial charge in [-0.2, -0.15) is 0 Å². The number of terminal acetylenes is 1. The van der Waals surface area contributed by atoms with E-state index in [-0.39, 0.29) is 0 Å². The molecule has 1 rings (SSSR count). The molecule has 13 heavy (non-hydrogen) atoms. The van der Waals surface area contributed by atoms with Gasteiger partial charge in [0.05, 0.1) is 0 Å². The third-order valence-corrected chi connectivity index (χ3v) is 2.80. The molecular weight excluding hydrogens is 176 g/mol. The largest absolute Gasteiger partial charge is 0.126 e. The fraction of sp³-hybridized carbons (Fsp3) is 0.333. The molecule has 0 unspecified atom stereocenters. The molecule has 0 aliphatic rings. The second-order valence-electron chi connectivity index (χ2n) is 2.97. The zero-order valence-electron chi connectivity index (χ0n) is 7.92. The minimum atomic E-state index is 0.888. The van der Waals surface area contributed by atoms with Crippen molar-refractivity contribution < 1.29 is 0 Å². The third-order valence-electron chi connectivity index (χ3n) is 1.72. The first-order valence-electron chi connectivity index (χ1n) is 4.46. The van der Waals surface area contributed by atoms with Gasteiger partial charge in [-0.25, -0.2) is 0 Å². The molecule has 0 nitrogen and oxygen atoms in total. The summed E-state index contributed by atoms with van der Waals surface area (Å²) in [5.41, 5.74) is 1.32. The minimum absolute atomic E-state index is 0.888. The van der Waals surface area contributed by atoms with Crippen LogP contribution in [0.4, 0.5) is 0 Å². The van der Waals surface area contributed by atoms with Crippen molar-refractivity contribution in [2.75, 3.05) is 5.75 Å². The maximum absolute atomic E-state index is 5.17. The van der Waals surface area contributed by atoms with Crippen molar-refractivity contribution in [1.29, 1.82) is 0 Å². The van der Waals surface area contributed by atoms with E-state index in [1.807, 2.05) is 11.8 Å². The lowest BCUT2D eigenvalue weighted by atomic mass is 10.2. The summed E-state index contributed by atoms with van der Waals surface area (Å²) in [5, 5.41) is 0. The van der Waals surface area contributed by atoms with E-state index in [9.17, 15) is 0 Å². The first kappa shape index (κ1) is 10.2. The highest BCUT2D eigenvalue weighted by Gasteiger charge is 1.93. The van der Waals surface area contributed by atoms with E-state index in [0.29, 0.717) is 0 Å². The Balaban J connectivity index is 2.33. The Morgan fingerprint density at radius 1 is 1.46 bits per heavy atom. The van der Waals surface area contributed by atoms with E-state index in [2.05, 4.69) is 37.1 Å². The van der Waals surface area contributed by atoms with E-state index in [0.717, 1.165) is 18.6 Å². The van der Waals surface area contributed by atoms with Gasteiger partial charge in [0.2, 0.25) is 0 Å². The minimum Gasteiger partial charge on any atom is -0.126 e. The Hall–Kier alpha value is -0.870. The van der Waals surface area contributed by atoms with Gasteiger partial charge < -0.3 is 0 Å². The third kappa shape index (κ3) is 4.05. The van der Waals surface area contributed by atoms with Crippen LogP contribution in [-0.4, -0.2) is 5.75 Å². The number of aryl methyl sites for hydroxylation is 1. The molecule has 0 atom stereocenters. The van der Waals surface area contributed by atoms with E-state index in [1.165, 1.54) is 10.5 Å². The van der Waals surface area contributed by atoms with Crippen molar-refractivity contribution in [3.05, 3.63) is 29.8 Å². The summed E-state index contributed by atoms with van der Waals surface area (Å²) < 4.78 is 0. The summed E-state index contributed by atoms with van der Waals surface area (Å²) in [6.07, 6.45) is 7.17.